The highest BCUT2D eigenvalue weighted by molar-refractivity contribution is 6.05. The Hall–Kier alpha value is -3.95. The molecule has 2 aromatic carbocycles. The average Bonchev–Trinajstić information content (AvgIpc) is 3.29. The van der Waals surface area contributed by atoms with Gasteiger partial charge in [0.25, 0.3) is 5.91 Å². The highest BCUT2D eigenvalue weighted by atomic mass is 16.5. The van der Waals surface area contributed by atoms with Crippen molar-refractivity contribution in [1.29, 1.82) is 0 Å². The smallest absolute Gasteiger partial charge is 0.322 e. The van der Waals surface area contributed by atoms with Crippen LogP contribution < -0.4 is 29.0 Å². The van der Waals surface area contributed by atoms with Gasteiger partial charge in [0.05, 0.1) is 39.6 Å². The first-order valence-electron chi connectivity index (χ1n) is 10.5. The van der Waals surface area contributed by atoms with E-state index in [0.29, 0.717) is 54.1 Å². The maximum absolute atomic E-state index is 12.8. The second-order valence-electron chi connectivity index (χ2n) is 6.51. The highest BCUT2D eigenvalue weighted by Gasteiger charge is 2.21. The molecule has 0 spiro atoms. The van der Waals surface area contributed by atoms with Gasteiger partial charge >= 0.3 is 6.01 Å². The van der Waals surface area contributed by atoms with Gasteiger partial charge < -0.3 is 28.1 Å². The number of methoxy groups -OCH3 is 2. The zero-order valence-corrected chi connectivity index (χ0v) is 19.3. The minimum absolute atomic E-state index is 0.0790. The molecule has 10 heteroatoms. The molecule has 0 aliphatic heterocycles. The number of nitrogens with zero attached hydrogens (tertiary/aromatic N) is 2. The molecule has 33 heavy (non-hydrogen) atoms. The zero-order chi connectivity index (χ0) is 23.8. The molecule has 3 rings (SSSR count). The number of amides is 1. The SMILES string of the molecule is CCOc1cc(-c2nnc(NC(=O)c3cccc(OC)c3OC)o2)cc(OCC)c1OCC. The maximum Gasteiger partial charge on any atom is 0.322 e. The molecule has 0 unspecified atom stereocenters. The summed E-state index contributed by atoms with van der Waals surface area (Å²) < 4.78 is 33.4. The number of aromatic nitrogens is 2. The molecule has 1 N–H and O–H groups in total. The van der Waals surface area contributed by atoms with Crippen LogP contribution in [0, 0.1) is 0 Å². The van der Waals surface area contributed by atoms with Gasteiger partial charge in [0.2, 0.25) is 11.6 Å². The Balaban J connectivity index is 1.90. The van der Waals surface area contributed by atoms with Crippen molar-refractivity contribution in [2.45, 2.75) is 20.8 Å². The molecule has 0 atom stereocenters. The van der Waals surface area contributed by atoms with Gasteiger partial charge in [-0.15, -0.1) is 5.10 Å². The van der Waals surface area contributed by atoms with Crippen molar-refractivity contribution < 1.29 is 32.9 Å². The number of anilines is 1. The number of para-hydroxylation sites is 1. The third-order valence-corrected chi connectivity index (χ3v) is 4.45. The van der Waals surface area contributed by atoms with Crippen molar-refractivity contribution in [2.75, 3.05) is 39.4 Å². The van der Waals surface area contributed by atoms with E-state index in [-0.39, 0.29) is 17.5 Å². The summed E-state index contributed by atoms with van der Waals surface area (Å²) >= 11 is 0. The fourth-order valence-electron chi connectivity index (χ4n) is 3.13. The van der Waals surface area contributed by atoms with Crippen LogP contribution in [0.15, 0.2) is 34.7 Å². The third kappa shape index (κ3) is 5.28. The van der Waals surface area contributed by atoms with Crippen molar-refractivity contribution in [3.8, 4) is 40.2 Å². The normalized spacial score (nSPS) is 10.5. The second kappa shape index (κ2) is 11.1. The van der Waals surface area contributed by atoms with E-state index in [1.165, 1.54) is 14.2 Å². The lowest BCUT2D eigenvalue weighted by Gasteiger charge is -2.16. The van der Waals surface area contributed by atoms with E-state index in [9.17, 15) is 4.79 Å². The summed E-state index contributed by atoms with van der Waals surface area (Å²) in [6, 6.07) is 8.34. The predicted octanol–water partition coefficient (Wildman–Crippen LogP) is 4.20. The molecule has 0 radical (unpaired) electrons. The van der Waals surface area contributed by atoms with E-state index >= 15 is 0 Å². The number of rotatable bonds is 11. The van der Waals surface area contributed by atoms with Gasteiger partial charge in [-0.3, -0.25) is 10.1 Å². The number of nitrogens with one attached hydrogen (secondary N) is 1. The van der Waals surface area contributed by atoms with Crippen LogP contribution in [0.5, 0.6) is 28.7 Å². The number of carbonyl (C=O) groups excluding carboxylic acids is 1. The lowest BCUT2D eigenvalue weighted by atomic mass is 10.1. The van der Waals surface area contributed by atoms with E-state index in [1.54, 1.807) is 30.3 Å². The number of ether oxygens (including phenoxy) is 5. The first-order chi connectivity index (χ1) is 16.1. The Labute approximate surface area is 191 Å². The standard InChI is InChI=1S/C23H27N3O7/c1-6-30-17-12-14(13-18(31-7-2)20(17)32-8-3)22-25-26-23(33-22)24-21(27)15-10-9-11-16(28-4)19(15)29-5/h9-13H,6-8H2,1-5H3,(H,24,26,27). The van der Waals surface area contributed by atoms with Crippen molar-refractivity contribution >= 4 is 11.9 Å². The number of hydrogen-bond acceptors (Lipinski definition) is 9. The van der Waals surface area contributed by atoms with Gasteiger partial charge in [-0.05, 0) is 45.0 Å². The zero-order valence-electron chi connectivity index (χ0n) is 19.3. The summed E-state index contributed by atoms with van der Waals surface area (Å²) in [7, 11) is 2.95. The summed E-state index contributed by atoms with van der Waals surface area (Å²) in [6.07, 6.45) is 0. The lowest BCUT2D eigenvalue weighted by molar-refractivity contribution is 0.102. The second-order valence-corrected chi connectivity index (χ2v) is 6.51. The van der Waals surface area contributed by atoms with Crippen LogP contribution in [0.1, 0.15) is 31.1 Å². The van der Waals surface area contributed by atoms with Crippen LogP contribution in [0.25, 0.3) is 11.5 Å². The number of benzene rings is 2. The molecule has 0 aliphatic carbocycles. The Morgan fingerprint density at radius 3 is 2.12 bits per heavy atom. The molecule has 0 aliphatic rings. The summed E-state index contributed by atoms with van der Waals surface area (Å²) in [5, 5.41) is 10.6. The van der Waals surface area contributed by atoms with Crippen molar-refractivity contribution in [3.63, 3.8) is 0 Å². The summed E-state index contributed by atoms with van der Waals surface area (Å²) in [4.78, 5) is 12.8. The fraction of sp³-hybridized carbons (Fsp3) is 0.348. The van der Waals surface area contributed by atoms with Crippen LogP contribution in [0.4, 0.5) is 6.01 Å². The van der Waals surface area contributed by atoms with Gasteiger partial charge in [-0.1, -0.05) is 11.2 Å². The van der Waals surface area contributed by atoms with Gasteiger partial charge in [0.1, 0.15) is 0 Å². The number of hydrogen-bond donors (Lipinski definition) is 1. The van der Waals surface area contributed by atoms with E-state index in [4.69, 9.17) is 28.1 Å². The molecule has 0 saturated carbocycles. The largest absolute Gasteiger partial charge is 0.493 e. The highest BCUT2D eigenvalue weighted by Crippen LogP contribution is 2.42. The van der Waals surface area contributed by atoms with Gasteiger partial charge in [0.15, 0.2) is 23.0 Å². The molecule has 176 valence electrons. The molecule has 3 aromatic rings. The Morgan fingerprint density at radius 2 is 1.55 bits per heavy atom. The molecule has 0 bridgehead atoms. The monoisotopic (exact) mass is 457 g/mol. The minimum Gasteiger partial charge on any atom is -0.493 e. The Morgan fingerprint density at radius 1 is 0.879 bits per heavy atom. The molecule has 0 saturated heterocycles. The molecular formula is C23H27N3O7. The quantitative estimate of drug-likeness (QED) is 0.452. The van der Waals surface area contributed by atoms with Crippen LogP contribution in [-0.2, 0) is 0 Å². The first kappa shape index (κ1) is 23.7. The topological polar surface area (TPSA) is 114 Å². The maximum atomic E-state index is 12.8. The molecular weight excluding hydrogens is 430 g/mol. The van der Waals surface area contributed by atoms with Gasteiger partial charge in [-0.25, -0.2) is 0 Å². The van der Waals surface area contributed by atoms with E-state index < -0.39 is 5.91 Å². The van der Waals surface area contributed by atoms with Crippen LogP contribution in [0.2, 0.25) is 0 Å². The van der Waals surface area contributed by atoms with Crippen LogP contribution in [0.3, 0.4) is 0 Å². The van der Waals surface area contributed by atoms with Crippen molar-refractivity contribution in [3.05, 3.63) is 35.9 Å². The summed E-state index contributed by atoms with van der Waals surface area (Å²) in [5.41, 5.74) is 0.812. The van der Waals surface area contributed by atoms with Gasteiger partial charge in [0, 0.05) is 5.56 Å². The van der Waals surface area contributed by atoms with Crippen molar-refractivity contribution in [2.24, 2.45) is 0 Å². The lowest BCUT2D eigenvalue weighted by Crippen LogP contribution is -2.13. The van der Waals surface area contributed by atoms with Gasteiger partial charge in [-0.2, -0.15) is 0 Å². The molecule has 1 heterocycles. The van der Waals surface area contributed by atoms with E-state index in [0.717, 1.165) is 0 Å². The minimum atomic E-state index is -0.488. The van der Waals surface area contributed by atoms with E-state index in [2.05, 4.69) is 15.5 Å². The first-order valence-corrected chi connectivity index (χ1v) is 10.5. The van der Waals surface area contributed by atoms with Crippen LogP contribution in [-0.4, -0.2) is 50.1 Å². The predicted molar refractivity (Wildman–Crippen MR) is 121 cm³/mol. The molecule has 10 nitrogen and oxygen atoms in total. The Kier molecular flexibility index (Phi) is 7.96. The van der Waals surface area contributed by atoms with E-state index in [1.807, 2.05) is 20.8 Å². The molecule has 1 aromatic heterocycles. The summed E-state index contributed by atoms with van der Waals surface area (Å²) in [6.45, 7) is 6.94. The molecule has 1 amide bonds. The molecule has 0 fully saturated rings. The number of carbonyl (C=O) groups is 1. The average molecular weight is 457 g/mol. The van der Waals surface area contributed by atoms with Crippen molar-refractivity contribution in [1.82, 2.24) is 10.2 Å². The third-order valence-electron chi connectivity index (χ3n) is 4.45. The fourth-order valence-corrected chi connectivity index (χ4v) is 3.13. The Bertz CT molecular complexity index is 1070. The summed E-state index contributed by atoms with van der Waals surface area (Å²) in [5.74, 6) is 1.90. The van der Waals surface area contributed by atoms with Crippen LogP contribution >= 0.6 is 0 Å².